The molecule has 2 aliphatic rings. The summed E-state index contributed by atoms with van der Waals surface area (Å²) in [6.07, 6.45) is -2.36. The Labute approximate surface area is 125 Å². The van der Waals surface area contributed by atoms with Crippen LogP contribution in [0.2, 0.25) is 0 Å². The molecule has 1 unspecified atom stereocenters. The lowest BCUT2D eigenvalue weighted by atomic mass is 9.86. The molecule has 8 atom stereocenters. The molecule has 2 fully saturated rings. The number of hydrogen-bond acceptors (Lipinski definition) is 6. The molecular weight excluding hydrogens is 276 g/mol. The fraction of sp³-hybridized carbons (Fsp3) is 0.933. The van der Waals surface area contributed by atoms with E-state index in [1.54, 1.807) is 6.92 Å². The molecular formula is C15H26O6. The molecule has 2 aliphatic heterocycles. The molecule has 122 valence electrons. The molecule has 0 saturated carbocycles. The minimum Gasteiger partial charge on any atom is -0.393 e. The van der Waals surface area contributed by atoms with Gasteiger partial charge in [-0.15, -0.1) is 0 Å². The molecule has 2 saturated heterocycles. The maximum atomic E-state index is 11.1. The van der Waals surface area contributed by atoms with Crippen LogP contribution >= 0.6 is 0 Å². The minimum atomic E-state index is -1.06. The third kappa shape index (κ3) is 4.02. The summed E-state index contributed by atoms with van der Waals surface area (Å²) in [7, 11) is 0. The lowest BCUT2D eigenvalue weighted by molar-refractivity contribution is -0.171. The highest BCUT2D eigenvalue weighted by atomic mass is 16.6. The van der Waals surface area contributed by atoms with E-state index >= 15 is 0 Å². The van der Waals surface area contributed by atoms with E-state index in [1.807, 2.05) is 6.92 Å². The monoisotopic (exact) mass is 302 g/mol. The van der Waals surface area contributed by atoms with Gasteiger partial charge in [0.2, 0.25) is 0 Å². The summed E-state index contributed by atoms with van der Waals surface area (Å²) in [5.41, 5.74) is 0. The third-order valence-corrected chi connectivity index (χ3v) is 4.63. The highest BCUT2D eigenvalue weighted by molar-refractivity contribution is 5.76. The summed E-state index contributed by atoms with van der Waals surface area (Å²) < 4.78 is 11.1. The van der Waals surface area contributed by atoms with Gasteiger partial charge in [0.05, 0.1) is 37.1 Å². The predicted molar refractivity (Wildman–Crippen MR) is 74.7 cm³/mol. The Hall–Kier alpha value is -0.530. The lowest BCUT2D eigenvalue weighted by Crippen LogP contribution is -2.52. The maximum Gasteiger partial charge on any atom is 0.132 e. The van der Waals surface area contributed by atoms with E-state index in [0.717, 1.165) is 6.42 Å². The van der Waals surface area contributed by atoms with E-state index in [0.29, 0.717) is 0 Å². The third-order valence-electron chi connectivity index (χ3n) is 4.63. The van der Waals surface area contributed by atoms with Crippen LogP contribution in [0.15, 0.2) is 0 Å². The number of Topliss-reactive ketones (excluding diaryl/α,β-unsaturated/α-hetero) is 1. The predicted octanol–water partition coefficient (Wildman–Crippen LogP) is -0.123. The first-order valence-corrected chi connectivity index (χ1v) is 7.62. The van der Waals surface area contributed by atoms with Gasteiger partial charge in [-0.25, -0.2) is 0 Å². The molecule has 0 spiro atoms. The molecule has 0 aliphatic carbocycles. The average molecular weight is 302 g/mol. The van der Waals surface area contributed by atoms with Crippen molar-refractivity contribution in [3.63, 3.8) is 0 Å². The van der Waals surface area contributed by atoms with Crippen molar-refractivity contribution in [2.24, 2.45) is 11.8 Å². The highest BCUT2D eigenvalue weighted by Gasteiger charge is 2.52. The van der Waals surface area contributed by atoms with E-state index < -0.39 is 24.4 Å². The second kappa shape index (κ2) is 6.71. The van der Waals surface area contributed by atoms with E-state index in [1.165, 1.54) is 6.92 Å². The van der Waals surface area contributed by atoms with Gasteiger partial charge in [0, 0.05) is 12.3 Å². The van der Waals surface area contributed by atoms with Gasteiger partial charge in [0.1, 0.15) is 11.9 Å². The van der Waals surface area contributed by atoms with Crippen LogP contribution in [0.5, 0.6) is 0 Å². The van der Waals surface area contributed by atoms with E-state index in [-0.39, 0.29) is 42.9 Å². The molecule has 2 heterocycles. The number of ketones is 1. The van der Waals surface area contributed by atoms with Crippen molar-refractivity contribution in [3.05, 3.63) is 0 Å². The smallest absolute Gasteiger partial charge is 0.132 e. The average Bonchev–Trinajstić information content (AvgIpc) is 3.13. The summed E-state index contributed by atoms with van der Waals surface area (Å²) in [5.74, 6) is -0.234. The SMILES string of the molecule is CC(=O)C[C@@H]1OC[C@H](C2O[C@H]2C[C@H](C)[C@H](C)O)[C@@H](O)[C@H]1O. The summed E-state index contributed by atoms with van der Waals surface area (Å²) in [4.78, 5) is 11.1. The lowest BCUT2D eigenvalue weighted by Gasteiger charge is -2.37. The summed E-state index contributed by atoms with van der Waals surface area (Å²) in [6.45, 7) is 5.41. The van der Waals surface area contributed by atoms with Crippen molar-refractivity contribution in [3.8, 4) is 0 Å². The molecule has 0 amide bonds. The minimum absolute atomic E-state index is 0.00518. The van der Waals surface area contributed by atoms with Crippen LogP contribution < -0.4 is 0 Å². The van der Waals surface area contributed by atoms with Crippen molar-refractivity contribution in [2.45, 2.75) is 70.2 Å². The molecule has 0 aromatic heterocycles. The Morgan fingerprint density at radius 2 is 1.90 bits per heavy atom. The Bertz CT molecular complexity index is 371. The van der Waals surface area contributed by atoms with Gasteiger partial charge in [-0.1, -0.05) is 6.92 Å². The van der Waals surface area contributed by atoms with Gasteiger partial charge in [-0.3, -0.25) is 4.79 Å². The van der Waals surface area contributed by atoms with Crippen LogP contribution in [0.25, 0.3) is 0 Å². The molecule has 2 rings (SSSR count). The van der Waals surface area contributed by atoms with Crippen LogP contribution in [-0.4, -0.2) is 64.3 Å². The molecule has 0 radical (unpaired) electrons. The van der Waals surface area contributed by atoms with Crippen molar-refractivity contribution in [1.82, 2.24) is 0 Å². The van der Waals surface area contributed by atoms with E-state index in [9.17, 15) is 20.1 Å². The normalized spacial score (nSPS) is 42.4. The number of aliphatic hydroxyl groups is 3. The zero-order valence-corrected chi connectivity index (χ0v) is 12.8. The van der Waals surface area contributed by atoms with Crippen molar-refractivity contribution in [2.75, 3.05) is 6.61 Å². The molecule has 3 N–H and O–H groups in total. The summed E-state index contributed by atoms with van der Waals surface area (Å²) >= 11 is 0. The Kier molecular flexibility index (Phi) is 5.38. The van der Waals surface area contributed by atoms with E-state index in [4.69, 9.17) is 9.47 Å². The van der Waals surface area contributed by atoms with Crippen molar-refractivity contribution < 1.29 is 29.6 Å². The molecule has 0 aromatic carbocycles. The van der Waals surface area contributed by atoms with Crippen LogP contribution in [0, 0.1) is 11.8 Å². The molecule has 6 heteroatoms. The Balaban J connectivity index is 1.85. The Morgan fingerprint density at radius 1 is 1.24 bits per heavy atom. The summed E-state index contributed by atoms with van der Waals surface area (Å²) in [5, 5.41) is 29.8. The zero-order valence-electron chi connectivity index (χ0n) is 12.8. The quantitative estimate of drug-likeness (QED) is 0.591. The van der Waals surface area contributed by atoms with Crippen molar-refractivity contribution >= 4 is 5.78 Å². The van der Waals surface area contributed by atoms with Gasteiger partial charge in [0.15, 0.2) is 0 Å². The van der Waals surface area contributed by atoms with Crippen LogP contribution in [0.1, 0.15) is 33.6 Å². The number of carbonyl (C=O) groups is 1. The van der Waals surface area contributed by atoms with Crippen molar-refractivity contribution in [1.29, 1.82) is 0 Å². The fourth-order valence-corrected chi connectivity index (χ4v) is 2.94. The number of hydrogen-bond donors (Lipinski definition) is 3. The Morgan fingerprint density at radius 3 is 2.48 bits per heavy atom. The number of carbonyl (C=O) groups excluding carboxylic acids is 1. The molecule has 6 nitrogen and oxygen atoms in total. The highest BCUT2D eigenvalue weighted by Crippen LogP contribution is 2.39. The second-order valence-corrected chi connectivity index (χ2v) is 6.52. The first kappa shape index (κ1) is 16.8. The molecule has 0 aromatic rings. The van der Waals surface area contributed by atoms with Crippen LogP contribution in [0.4, 0.5) is 0 Å². The van der Waals surface area contributed by atoms with Crippen LogP contribution in [0.3, 0.4) is 0 Å². The topological polar surface area (TPSA) is 99.5 Å². The van der Waals surface area contributed by atoms with E-state index in [2.05, 4.69) is 0 Å². The van der Waals surface area contributed by atoms with Gasteiger partial charge in [0.25, 0.3) is 0 Å². The number of ether oxygens (including phenoxy) is 2. The largest absolute Gasteiger partial charge is 0.393 e. The number of epoxide rings is 1. The van der Waals surface area contributed by atoms with Crippen LogP contribution in [-0.2, 0) is 14.3 Å². The second-order valence-electron chi connectivity index (χ2n) is 6.52. The first-order chi connectivity index (χ1) is 9.81. The van der Waals surface area contributed by atoms with Gasteiger partial charge in [-0.05, 0) is 26.2 Å². The van der Waals surface area contributed by atoms with Gasteiger partial charge < -0.3 is 24.8 Å². The molecule has 21 heavy (non-hydrogen) atoms. The number of aliphatic hydroxyl groups excluding tert-OH is 3. The maximum absolute atomic E-state index is 11.1. The zero-order chi connectivity index (χ0) is 15.7. The summed E-state index contributed by atoms with van der Waals surface area (Å²) in [6, 6.07) is 0. The van der Waals surface area contributed by atoms with Gasteiger partial charge in [-0.2, -0.15) is 0 Å². The molecule has 0 bridgehead atoms. The first-order valence-electron chi connectivity index (χ1n) is 7.62. The fourth-order valence-electron chi connectivity index (χ4n) is 2.94. The van der Waals surface area contributed by atoms with Gasteiger partial charge >= 0.3 is 0 Å². The standard InChI is InChI=1S/C15H26O6/c1-7(9(3)17)4-12-15(21-12)10-6-20-11(5-8(2)16)14(19)13(10)18/h7,9-15,17-19H,4-6H2,1-3H3/t7-,9-,10-,11-,12-,13+,14-,15?/m0/s1. The number of rotatable bonds is 6.